The van der Waals surface area contributed by atoms with E-state index in [9.17, 15) is 0 Å². The number of rotatable bonds is 0. The summed E-state index contributed by atoms with van der Waals surface area (Å²) in [7, 11) is 0. The third-order valence-corrected chi connectivity index (χ3v) is 2.98. The lowest BCUT2D eigenvalue weighted by molar-refractivity contribution is 0.268. The first-order chi connectivity index (χ1) is 6.74. The zero-order chi connectivity index (χ0) is 10.1. The molecule has 0 fully saturated rings. The molecule has 0 saturated carbocycles. The van der Waals surface area contributed by atoms with Crippen LogP contribution in [0.3, 0.4) is 0 Å². The molecule has 14 heavy (non-hydrogen) atoms. The Morgan fingerprint density at radius 2 is 2.36 bits per heavy atom. The van der Waals surface area contributed by atoms with Gasteiger partial charge in [0.25, 0.3) is 0 Å². The van der Waals surface area contributed by atoms with Gasteiger partial charge in [-0.05, 0) is 28.1 Å². The smallest absolute Gasteiger partial charge is 0.125 e. The largest absolute Gasteiger partial charge is 0.493 e. The molecule has 1 heterocycles. The van der Waals surface area contributed by atoms with Gasteiger partial charge in [-0.2, -0.15) is 5.26 Å². The molecule has 0 spiro atoms. The number of ether oxygens (including phenoxy) is 1. The first-order valence-electron chi connectivity index (χ1n) is 4.35. The molecule has 1 aromatic carbocycles. The van der Waals surface area contributed by atoms with Crippen LogP contribution in [0.25, 0.3) is 0 Å². The Morgan fingerprint density at radius 3 is 3.07 bits per heavy atom. The van der Waals surface area contributed by atoms with Crippen LogP contribution in [-0.2, 0) is 0 Å². The minimum Gasteiger partial charge on any atom is -0.493 e. The molecule has 3 nitrogen and oxygen atoms in total. The van der Waals surface area contributed by atoms with Crippen molar-refractivity contribution in [2.45, 2.75) is 12.5 Å². The molecule has 2 N–H and O–H groups in total. The molecule has 0 saturated heterocycles. The van der Waals surface area contributed by atoms with E-state index >= 15 is 0 Å². The van der Waals surface area contributed by atoms with Crippen LogP contribution >= 0.6 is 15.9 Å². The van der Waals surface area contributed by atoms with Gasteiger partial charge in [-0.3, -0.25) is 0 Å². The van der Waals surface area contributed by atoms with Gasteiger partial charge in [0.05, 0.1) is 12.2 Å². The second-order valence-electron chi connectivity index (χ2n) is 3.19. The van der Waals surface area contributed by atoms with E-state index in [-0.39, 0.29) is 6.04 Å². The number of nitriles is 1. The zero-order valence-corrected chi connectivity index (χ0v) is 9.04. The summed E-state index contributed by atoms with van der Waals surface area (Å²) < 4.78 is 6.22. The average Bonchev–Trinajstić information content (AvgIpc) is 2.19. The Balaban J connectivity index is 2.65. The van der Waals surface area contributed by atoms with Crippen LogP contribution in [0.5, 0.6) is 5.75 Å². The highest BCUT2D eigenvalue weighted by atomic mass is 79.9. The van der Waals surface area contributed by atoms with E-state index in [0.717, 1.165) is 22.2 Å². The van der Waals surface area contributed by atoms with Crippen molar-refractivity contribution in [3.63, 3.8) is 0 Å². The highest BCUT2D eigenvalue weighted by Gasteiger charge is 2.22. The Morgan fingerprint density at radius 1 is 1.57 bits per heavy atom. The third-order valence-electron chi connectivity index (χ3n) is 2.32. The van der Waals surface area contributed by atoms with Gasteiger partial charge in [0.15, 0.2) is 0 Å². The summed E-state index contributed by atoms with van der Waals surface area (Å²) in [6.07, 6.45) is 0.762. The molecule has 2 rings (SSSR count). The Hall–Kier alpha value is -1.05. The van der Waals surface area contributed by atoms with Crippen LogP contribution in [0, 0.1) is 11.3 Å². The van der Waals surface area contributed by atoms with Crippen LogP contribution in [0.4, 0.5) is 0 Å². The summed E-state index contributed by atoms with van der Waals surface area (Å²) in [6.45, 7) is 0.626. The van der Waals surface area contributed by atoms with Gasteiger partial charge in [-0.1, -0.05) is 0 Å². The topological polar surface area (TPSA) is 59.0 Å². The SMILES string of the molecule is N#Cc1c(Br)ccc2c1[C@H](N)CCO2. The summed E-state index contributed by atoms with van der Waals surface area (Å²) in [6, 6.07) is 5.72. The van der Waals surface area contributed by atoms with Crippen molar-refractivity contribution in [1.82, 2.24) is 0 Å². The number of hydrogen-bond acceptors (Lipinski definition) is 3. The highest BCUT2D eigenvalue weighted by Crippen LogP contribution is 2.36. The lowest BCUT2D eigenvalue weighted by Crippen LogP contribution is -2.21. The molecule has 0 aromatic heterocycles. The maximum absolute atomic E-state index is 9.00. The summed E-state index contributed by atoms with van der Waals surface area (Å²) in [4.78, 5) is 0. The minimum atomic E-state index is -0.0918. The molecular formula is C10H9BrN2O. The van der Waals surface area contributed by atoms with Crippen molar-refractivity contribution in [3.8, 4) is 11.8 Å². The van der Waals surface area contributed by atoms with Crippen molar-refractivity contribution >= 4 is 15.9 Å². The van der Waals surface area contributed by atoms with Gasteiger partial charge in [-0.25, -0.2) is 0 Å². The van der Waals surface area contributed by atoms with E-state index in [1.54, 1.807) is 0 Å². The van der Waals surface area contributed by atoms with Crippen LogP contribution in [-0.4, -0.2) is 6.61 Å². The van der Waals surface area contributed by atoms with Gasteiger partial charge in [0.1, 0.15) is 11.8 Å². The number of halogens is 1. The molecule has 0 bridgehead atoms. The second kappa shape index (κ2) is 3.60. The lowest BCUT2D eigenvalue weighted by atomic mass is 9.96. The summed E-state index contributed by atoms with van der Waals surface area (Å²) in [5.74, 6) is 0.739. The molecule has 0 radical (unpaired) electrons. The first-order valence-corrected chi connectivity index (χ1v) is 5.14. The highest BCUT2D eigenvalue weighted by molar-refractivity contribution is 9.10. The summed E-state index contributed by atoms with van der Waals surface area (Å²) in [5, 5.41) is 9.00. The van der Waals surface area contributed by atoms with E-state index in [2.05, 4.69) is 22.0 Å². The fourth-order valence-electron chi connectivity index (χ4n) is 1.62. The first kappa shape index (κ1) is 9.50. The predicted molar refractivity (Wildman–Crippen MR) is 55.9 cm³/mol. The monoisotopic (exact) mass is 252 g/mol. The van der Waals surface area contributed by atoms with Gasteiger partial charge < -0.3 is 10.5 Å². The number of nitrogens with two attached hydrogens (primary N) is 1. The molecule has 1 aliphatic rings. The van der Waals surface area contributed by atoms with Gasteiger partial charge in [-0.15, -0.1) is 0 Å². The van der Waals surface area contributed by atoms with Gasteiger partial charge in [0, 0.05) is 22.5 Å². The van der Waals surface area contributed by atoms with Crippen molar-refractivity contribution in [2.75, 3.05) is 6.61 Å². The van der Waals surface area contributed by atoms with Crippen LogP contribution in [0.1, 0.15) is 23.6 Å². The van der Waals surface area contributed by atoms with Crippen LogP contribution in [0.2, 0.25) is 0 Å². The second-order valence-corrected chi connectivity index (χ2v) is 4.04. The number of hydrogen-bond donors (Lipinski definition) is 1. The number of fused-ring (bicyclic) bond motifs is 1. The van der Waals surface area contributed by atoms with E-state index in [0.29, 0.717) is 12.2 Å². The maximum atomic E-state index is 9.00. The van der Waals surface area contributed by atoms with E-state index in [4.69, 9.17) is 15.7 Å². The van der Waals surface area contributed by atoms with Crippen molar-refractivity contribution in [1.29, 1.82) is 5.26 Å². The lowest BCUT2D eigenvalue weighted by Gasteiger charge is -2.24. The summed E-state index contributed by atoms with van der Waals surface area (Å²) >= 11 is 3.33. The normalized spacial score (nSPS) is 19.4. The maximum Gasteiger partial charge on any atom is 0.125 e. The number of benzene rings is 1. The summed E-state index contributed by atoms with van der Waals surface area (Å²) in [5.41, 5.74) is 7.36. The third kappa shape index (κ3) is 1.39. The average molecular weight is 253 g/mol. The standard InChI is InChI=1S/C10H9BrN2O/c11-7-1-2-9-10(6(7)5-12)8(13)3-4-14-9/h1-2,8H,3-4,13H2/t8-/m1/s1. The molecule has 0 amide bonds. The van der Waals surface area contributed by atoms with Crippen molar-refractivity contribution < 1.29 is 4.74 Å². The molecular weight excluding hydrogens is 244 g/mol. The Labute approximate surface area is 90.6 Å². The fraction of sp³-hybridized carbons (Fsp3) is 0.300. The van der Waals surface area contributed by atoms with E-state index in [1.165, 1.54) is 0 Å². The molecule has 0 aliphatic carbocycles. The quantitative estimate of drug-likeness (QED) is 0.770. The van der Waals surface area contributed by atoms with Gasteiger partial charge in [0.2, 0.25) is 0 Å². The molecule has 1 atom stereocenters. The molecule has 4 heteroatoms. The van der Waals surface area contributed by atoms with Gasteiger partial charge >= 0.3 is 0 Å². The molecule has 1 aromatic rings. The Kier molecular flexibility index (Phi) is 2.44. The Bertz CT molecular complexity index is 411. The van der Waals surface area contributed by atoms with Crippen LogP contribution in [0.15, 0.2) is 16.6 Å². The molecule has 1 aliphatic heterocycles. The van der Waals surface area contributed by atoms with Crippen LogP contribution < -0.4 is 10.5 Å². The fourth-order valence-corrected chi connectivity index (χ4v) is 2.06. The number of nitrogens with zero attached hydrogens (tertiary/aromatic N) is 1. The van der Waals surface area contributed by atoms with Crippen molar-refractivity contribution in [2.24, 2.45) is 5.73 Å². The molecule has 72 valence electrons. The van der Waals surface area contributed by atoms with E-state index in [1.807, 2.05) is 12.1 Å². The van der Waals surface area contributed by atoms with Crippen molar-refractivity contribution in [3.05, 3.63) is 27.7 Å². The van der Waals surface area contributed by atoms with E-state index < -0.39 is 0 Å². The minimum absolute atomic E-state index is 0.0918. The predicted octanol–water partition coefficient (Wildman–Crippen LogP) is 2.10. The molecule has 0 unspecified atom stereocenters. The zero-order valence-electron chi connectivity index (χ0n) is 7.46.